The first-order chi connectivity index (χ1) is 11.6. The minimum absolute atomic E-state index is 0.00447. The van der Waals surface area contributed by atoms with Gasteiger partial charge < -0.3 is 0 Å². The molecule has 1 aliphatic rings. The van der Waals surface area contributed by atoms with E-state index < -0.39 is 4.92 Å². The number of nitrogens with one attached hydrogen (secondary N) is 2. The maximum absolute atomic E-state index is 11.9. The number of nitro groups is 1. The van der Waals surface area contributed by atoms with Gasteiger partial charge in [-0.25, -0.2) is 0 Å². The summed E-state index contributed by atoms with van der Waals surface area (Å²) in [6, 6.07) is 15.4. The molecule has 0 atom stereocenters. The zero-order chi connectivity index (χ0) is 16.9. The van der Waals surface area contributed by atoms with Crippen molar-refractivity contribution >= 4 is 40.3 Å². The van der Waals surface area contributed by atoms with E-state index in [4.69, 9.17) is 0 Å². The van der Waals surface area contributed by atoms with Gasteiger partial charge in [-0.1, -0.05) is 30.3 Å². The van der Waals surface area contributed by atoms with E-state index in [9.17, 15) is 14.9 Å². The summed E-state index contributed by atoms with van der Waals surface area (Å²) in [5, 5.41) is 17.8. The average molecular weight is 340 g/mol. The van der Waals surface area contributed by atoms with E-state index in [-0.39, 0.29) is 11.6 Å². The number of thioether (sulfide) groups is 1. The zero-order valence-corrected chi connectivity index (χ0v) is 13.1. The summed E-state index contributed by atoms with van der Waals surface area (Å²) in [7, 11) is 0. The number of nitro benzene ring substituents is 1. The number of nitrogens with zero attached hydrogens (tertiary/aromatic N) is 2. The Morgan fingerprint density at radius 3 is 2.50 bits per heavy atom. The molecule has 3 rings (SSSR count). The first-order valence-corrected chi connectivity index (χ1v) is 7.77. The SMILES string of the molecule is O=C1N/C(=N/Nc2ccc([N+](=O)[O-])cc2)SC1=Cc1ccccc1. The van der Waals surface area contributed by atoms with Crippen LogP contribution in [-0.4, -0.2) is 16.0 Å². The molecule has 1 amide bonds. The van der Waals surface area contributed by atoms with Crippen LogP contribution in [-0.2, 0) is 4.79 Å². The fraction of sp³-hybridized carbons (Fsp3) is 0. The largest absolute Gasteiger partial charge is 0.299 e. The number of amides is 1. The molecule has 2 aromatic carbocycles. The van der Waals surface area contributed by atoms with Crippen molar-refractivity contribution in [2.75, 3.05) is 5.43 Å². The van der Waals surface area contributed by atoms with E-state index in [1.54, 1.807) is 18.2 Å². The second-order valence-corrected chi connectivity index (χ2v) is 5.84. The van der Waals surface area contributed by atoms with Crippen LogP contribution >= 0.6 is 11.8 Å². The number of benzene rings is 2. The number of rotatable bonds is 4. The van der Waals surface area contributed by atoms with Gasteiger partial charge in [0.15, 0.2) is 5.17 Å². The van der Waals surface area contributed by atoms with Gasteiger partial charge in [-0.15, -0.1) is 5.10 Å². The molecule has 2 N–H and O–H groups in total. The summed E-state index contributed by atoms with van der Waals surface area (Å²) in [6.45, 7) is 0. The third-order valence-corrected chi connectivity index (χ3v) is 4.02. The highest BCUT2D eigenvalue weighted by Gasteiger charge is 2.23. The highest BCUT2D eigenvalue weighted by atomic mass is 32.2. The van der Waals surface area contributed by atoms with Crippen molar-refractivity contribution in [3.8, 4) is 0 Å². The number of non-ortho nitro benzene ring substituents is 1. The third kappa shape index (κ3) is 3.79. The van der Waals surface area contributed by atoms with E-state index in [1.807, 2.05) is 30.3 Å². The topological polar surface area (TPSA) is 96.6 Å². The smallest absolute Gasteiger partial charge is 0.269 e. The van der Waals surface area contributed by atoms with E-state index in [1.165, 1.54) is 23.9 Å². The molecular formula is C16H12N4O3S. The summed E-state index contributed by atoms with van der Waals surface area (Å²) < 4.78 is 0. The molecular weight excluding hydrogens is 328 g/mol. The number of hydrogen-bond acceptors (Lipinski definition) is 6. The van der Waals surface area contributed by atoms with Gasteiger partial charge in [0.25, 0.3) is 11.6 Å². The molecule has 0 unspecified atom stereocenters. The lowest BCUT2D eigenvalue weighted by Crippen LogP contribution is -2.20. The molecule has 1 aliphatic heterocycles. The zero-order valence-electron chi connectivity index (χ0n) is 12.3. The summed E-state index contributed by atoms with van der Waals surface area (Å²) >= 11 is 1.22. The minimum atomic E-state index is -0.469. The maximum Gasteiger partial charge on any atom is 0.269 e. The molecule has 2 aromatic rings. The fourth-order valence-corrected chi connectivity index (χ4v) is 2.74. The van der Waals surface area contributed by atoms with E-state index in [0.29, 0.717) is 15.8 Å². The highest BCUT2D eigenvalue weighted by Crippen LogP contribution is 2.26. The van der Waals surface area contributed by atoms with Gasteiger partial charge >= 0.3 is 0 Å². The van der Waals surface area contributed by atoms with Crippen LogP contribution in [0.4, 0.5) is 11.4 Å². The standard InChI is InChI=1S/C16H12N4O3S/c21-15-14(10-11-4-2-1-3-5-11)24-16(17-15)19-18-12-6-8-13(9-7-12)20(22)23/h1-10,18H,(H,17,19,21). The van der Waals surface area contributed by atoms with Gasteiger partial charge in [0, 0.05) is 12.1 Å². The lowest BCUT2D eigenvalue weighted by atomic mass is 10.2. The Hall–Kier alpha value is -3.13. The van der Waals surface area contributed by atoms with Crippen LogP contribution < -0.4 is 10.7 Å². The van der Waals surface area contributed by atoms with Gasteiger partial charge in [0.2, 0.25) is 0 Å². The van der Waals surface area contributed by atoms with Crippen LogP contribution in [0.1, 0.15) is 5.56 Å². The predicted octanol–water partition coefficient (Wildman–Crippen LogP) is 3.18. The van der Waals surface area contributed by atoms with Crippen LogP contribution in [0, 0.1) is 10.1 Å². The van der Waals surface area contributed by atoms with Gasteiger partial charge in [0.1, 0.15) is 0 Å². The number of hydrazone groups is 1. The molecule has 0 spiro atoms. The molecule has 8 heteroatoms. The Balaban J connectivity index is 1.68. The lowest BCUT2D eigenvalue weighted by Gasteiger charge is -2.00. The van der Waals surface area contributed by atoms with Crippen LogP contribution in [0.5, 0.6) is 0 Å². The molecule has 7 nitrogen and oxygen atoms in total. The van der Waals surface area contributed by atoms with E-state index >= 15 is 0 Å². The molecule has 1 fully saturated rings. The molecule has 0 bridgehead atoms. The van der Waals surface area contributed by atoms with Crippen molar-refractivity contribution in [1.29, 1.82) is 0 Å². The monoisotopic (exact) mass is 340 g/mol. The second-order valence-electron chi connectivity index (χ2n) is 4.81. The fourth-order valence-electron chi connectivity index (χ4n) is 1.95. The number of carbonyl (C=O) groups excluding carboxylic acids is 1. The lowest BCUT2D eigenvalue weighted by molar-refractivity contribution is -0.384. The molecule has 1 heterocycles. The first kappa shape index (κ1) is 15.8. The molecule has 0 aliphatic carbocycles. The number of anilines is 1. The van der Waals surface area contributed by atoms with Crippen molar-refractivity contribution in [3.63, 3.8) is 0 Å². The quantitative estimate of drug-likeness (QED) is 0.506. The van der Waals surface area contributed by atoms with Crippen molar-refractivity contribution in [2.45, 2.75) is 0 Å². The Bertz CT molecular complexity index is 832. The number of amidine groups is 1. The van der Waals surface area contributed by atoms with Crippen LogP contribution in [0.15, 0.2) is 64.6 Å². The second kappa shape index (κ2) is 6.97. The maximum atomic E-state index is 11.9. The Kier molecular flexibility index (Phi) is 4.57. The Morgan fingerprint density at radius 1 is 1.12 bits per heavy atom. The predicted molar refractivity (Wildman–Crippen MR) is 94.3 cm³/mol. The van der Waals surface area contributed by atoms with Gasteiger partial charge in [-0.2, -0.15) is 0 Å². The van der Waals surface area contributed by atoms with Crippen molar-refractivity contribution < 1.29 is 9.72 Å². The summed E-state index contributed by atoms with van der Waals surface area (Å²) in [5.74, 6) is -0.215. The van der Waals surface area contributed by atoms with Crippen LogP contribution in [0.25, 0.3) is 6.08 Å². The first-order valence-electron chi connectivity index (χ1n) is 6.96. The van der Waals surface area contributed by atoms with Crippen molar-refractivity contribution in [3.05, 3.63) is 75.2 Å². The van der Waals surface area contributed by atoms with E-state index in [0.717, 1.165) is 5.56 Å². The molecule has 1 saturated heterocycles. The van der Waals surface area contributed by atoms with Crippen molar-refractivity contribution in [2.24, 2.45) is 5.10 Å². The normalized spacial score (nSPS) is 17.1. The van der Waals surface area contributed by atoms with Crippen LogP contribution in [0.3, 0.4) is 0 Å². The van der Waals surface area contributed by atoms with Crippen LogP contribution in [0.2, 0.25) is 0 Å². The third-order valence-electron chi connectivity index (χ3n) is 3.11. The van der Waals surface area contributed by atoms with Gasteiger partial charge in [-0.3, -0.25) is 25.7 Å². The Morgan fingerprint density at radius 2 is 1.83 bits per heavy atom. The number of carbonyl (C=O) groups is 1. The summed E-state index contributed by atoms with van der Waals surface area (Å²) in [5.41, 5.74) is 4.28. The number of hydrogen-bond donors (Lipinski definition) is 2. The summed E-state index contributed by atoms with van der Waals surface area (Å²) in [6.07, 6.45) is 1.79. The molecule has 24 heavy (non-hydrogen) atoms. The molecule has 0 aromatic heterocycles. The highest BCUT2D eigenvalue weighted by molar-refractivity contribution is 8.18. The molecule has 0 saturated carbocycles. The molecule has 0 radical (unpaired) electrons. The Labute approximate surface area is 141 Å². The minimum Gasteiger partial charge on any atom is -0.299 e. The molecule has 120 valence electrons. The average Bonchev–Trinajstić information content (AvgIpc) is 2.94. The van der Waals surface area contributed by atoms with E-state index in [2.05, 4.69) is 15.8 Å². The van der Waals surface area contributed by atoms with Gasteiger partial charge in [0.05, 0.1) is 15.5 Å². The van der Waals surface area contributed by atoms with Crippen molar-refractivity contribution in [1.82, 2.24) is 5.32 Å². The summed E-state index contributed by atoms with van der Waals surface area (Å²) in [4.78, 5) is 22.6. The van der Waals surface area contributed by atoms with Gasteiger partial charge in [-0.05, 0) is 35.5 Å².